The normalized spacial score (nSPS) is 26.6. The predicted molar refractivity (Wildman–Crippen MR) is 65.8 cm³/mol. The van der Waals surface area contributed by atoms with E-state index in [9.17, 15) is 5.11 Å². The fourth-order valence-electron chi connectivity index (χ4n) is 2.27. The molecule has 4 nitrogen and oxygen atoms in total. The van der Waals surface area contributed by atoms with E-state index in [1.165, 1.54) is 0 Å². The standard InChI is InChI=1S/C13H22N2O2/c1-9(2)15-5-4-12(14-15)7-13(16)11-6-10(3)17-8-11/h4-5,9-11,13,16H,6-8H2,1-3H3. The van der Waals surface area contributed by atoms with Gasteiger partial charge in [0.15, 0.2) is 0 Å². The molecule has 1 saturated heterocycles. The Labute approximate surface area is 103 Å². The number of hydrogen-bond acceptors (Lipinski definition) is 3. The van der Waals surface area contributed by atoms with Gasteiger partial charge in [-0.1, -0.05) is 0 Å². The molecule has 3 unspecified atom stereocenters. The summed E-state index contributed by atoms with van der Waals surface area (Å²) in [5.41, 5.74) is 0.964. The van der Waals surface area contributed by atoms with E-state index in [2.05, 4.69) is 25.9 Å². The van der Waals surface area contributed by atoms with Crippen LogP contribution in [0.4, 0.5) is 0 Å². The van der Waals surface area contributed by atoms with Crippen molar-refractivity contribution in [3.63, 3.8) is 0 Å². The van der Waals surface area contributed by atoms with E-state index in [0.717, 1.165) is 12.1 Å². The summed E-state index contributed by atoms with van der Waals surface area (Å²) in [5.74, 6) is 0.259. The van der Waals surface area contributed by atoms with Crippen LogP contribution in [0.15, 0.2) is 12.3 Å². The van der Waals surface area contributed by atoms with Gasteiger partial charge in [0.25, 0.3) is 0 Å². The summed E-state index contributed by atoms with van der Waals surface area (Å²) >= 11 is 0. The molecule has 0 bridgehead atoms. The molecule has 1 N–H and O–H groups in total. The smallest absolute Gasteiger partial charge is 0.0650 e. The number of rotatable bonds is 4. The number of aliphatic hydroxyl groups is 1. The lowest BCUT2D eigenvalue weighted by Crippen LogP contribution is -2.23. The molecule has 96 valence electrons. The highest BCUT2D eigenvalue weighted by Gasteiger charge is 2.28. The van der Waals surface area contributed by atoms with Crippen molar-refractivity contribution in [2.24, 2.45) is 5.92 Å². The Morgan fingerprint density at radius 1 is 1.59 bits per heavy atom. The first kappa shape index (κ1) is 12.6. The lowest BCUT2D eigenvalue weighted by Gasteiger charge is -2.15. The van der Waals surface area contributed by atoms with Gasteiger partial charge >= 0.3 is 0 Å². The second-order valence-electron chi connectivity index (χ2n) is 5.29. The fourth-order valence-corrected chi connectivity index (χ4v) is 2.27. The molecule has 0 spiro atoms. The van der Waals surface area contributed by atoms with Crippen LogP contribution in [0.25, 0.3) is 0 Å². The van der Waals surface area contributed by atoms with Gasteiger partial charge in [-0.25, -0.2) is 0 Å². The van der Waals surface area contributed by atoms with Crippen molar-refractivity contribution in [2.45, 2.75) is 51.9 Å². The van der Waals surface area contributed by atoms with Gasteiger partial charge in [-0.2, -0.15) is 5.10 Å². The second kappa shape index (κ2) is 5.19. The largest absolute Gasteiger partial charge is 0.392 e. The topological polar surface area (TPSA) is 47.3 Å². The molecule has 1 aromatic heterocycles. The zero-order valence-corrected chi connectivity index (χ0v) is 10.8. The Hall–Kier alpha value is -0.870. The molecule has 0 aliphatic carbocycles. The summed E-state index contributed by atoms with van der Waals surface area (Å²) in [6.07, 6.45) is 3.49. The number of nitrogens with zero attached hydrogens (tertiary/aromatic N) is 2. The molecule has 1 fully saturated rings. The summed E-state index contributed by atoms with van der Waals surface area (Å²) in [6.45, 7) is 6.92. The van der Waals surface area contributed by atoms with Gasteiger partial charge in [0.05, 0.1) is 24.5 Å². The predicted octanol–water partition coefficient (Wildman–Crippen LogP) is 1.79. The summed E-state index contributed by atoms with van der Waals surface area (Å²) in [6, 6.07) is 2.36. The first-order chi connectivity index (χ1) is 8.06. The fraction of sp³-hybridized carbons (Fsp3) is 0.769. The first-order valence-corrected chi connectivity index (χ1v) is 6.40. The Morgan fingerprint density at radius 3 is 2.88 bits per heavy atom. The van der Waals surface area contributed by atoms with Crippen LogP contribution in [0.1, 0.15) is 38.9 Å². The van der Waals surface area contributed by atoms with Crippen molar-refractivity contribution in [1.29, 1.82) is 0 Å². The maximum Gasteiger partial charge on any atom is 0.0650 e. The van der Waals surface area contributed by atoms with Gasteiger partial charge in [-0.15, -0.1) is 0 Å². The summed E-state index contributed by atoms with van der Waals surface area (Å²) in [7, 11) is 0. The summed E-state index contributed by atoms with van der Waals surface area (Å²) in [5, 5.41) is 14.6. The third kappa shape index (κ3) is 3.07. The lowest BCUT2D eigenvalue weighted by atomic mass is 9.96. The molecule has 3 atom stereocenters. The van der Waals surface area contributed by atoms with Crippen molar-refractivity contribution in [3.05, 3.63) is 18.0 Å². The number of hydrogen-bond donors (Lipinski definition) is 1. The quantitative estimate of drug-likeness (QED) is 0.870. The minimum absolute atomic E-state index is 0.259. The Bertz CT molecular complexity index is 362. The minimum atomic E-state index is -0.338. The average Bonchev–Trinajstić information content (AvgIpc) is 2.86. The van der Waals surface area contributed by atoms with Crippen molar-refractivity contribution >= 4 is 0 Å². The van der Waals surface area contributed by atoms with Gasteiger partial charge in [0, 0.05) is 24.6 Å². The molecule has 17 heavy (non-hydrogen) atoms. The van der Waals surface area contributed by atoms with Gasteiger partial charge in [0.1, 0.15) is 0 Å². The van der Waals surface area contributed by atoms with Crippen molar-refractivity contribution in [1.82, 2.24) is 9.78 Å². The van der Waals surface area contributed by atoms with Gasteiger partial charge in [-0.05, 0) is 33.3 Å². The van der Waals surface area contributed by atoms with Crippen LogP contribution < -0.4 is 0 Å². The van der Waals surface area contributed by atoms with Gasteiger partial charge in [0.2, 0.25) is 0 Å². The van der Waals surface area contributed by atoms with E-state index in [0.29, 0.717) is 19.1 Å². The van der Waals surface area contributed by atoms with Crippen LogP contribution in [-0.2, 0) is 11.2 Å². The second-order valence-corrected chi connectivity index (χ2v) is 5.29. The highest BCUT2D eigenvalue weighted by molar-refractivity contribution is 5.02. The Kier molecular flexibility index (Phi) is 3.84. The highest BCUT2D eigenvalue weighted by Crippen LogP contribution is 2.24. The molecule has 1 aliphatic rings. The molecule has 0 amide bonds. The molecule has 0 radical (unpaired) electrons. The van der Waals surface area contributed by atoms with Gasteiger partial charge < -0.3 is 9.84 Å². The molecule has 1 aromatic rings. The van der Waals surface area contributed by atoms with Crippen LogP contribution in [0.3, 0.4) is 0 Å². The molecule has 4 heteroatoms. The third-order valence-electron chi connectivity index (χ3n) is 3.38. The maximum atomic E-state index is 10.1. The van der Waals surface area contributed by atoms with E-state index >= 15 is 0 Å². The average molecular weight is 238 g/mol. The van der Waals surface area contributed by atoms with E-state index in [-0.39, 0.29) is 18.1 Å². The number of aliphatic hydroxyl groups excluding tert-OH is 1. The van der Waals surface area contributed by atoms with Gasteiger partial charge in [-0.3, -0.25) is 4.68 Å². The lowest BCUT2D eigenvalue weighted by molar-refractivity contribution is 0.0800. The van der Waals surface area contributed by atoms with Crippen molar-refractivity contribution in [3.8, 4) is 0 Å². The van der Waals surface area contributed by atoms with Crippen molar-refractivity contribution < 1.29 is 9.84 Å². The Morgan fingerprint density at radius 2 is 2.35 bits per heavy atom. The van der Waals surface area contributed by atoms with Crippen LogP contribution >= 0.6 is 0 Å². The first-order valence-electron chi connectivity index (χ1n) is 6.40. The molecule has 0 saturated carbocycles. The summed E-state index contributed by atoms with van der Waals surface area (Å²) < 4.78 is 7.41. The molecular formula is C13H22N2O2. The SMILES string of the molecule is CC1CC(C(O)Cc2ccn(C(C)C)n2)CO1. The zero-order valence-electron chi connectivity index (χ0n) is 10.8. The molecule has 0 aromatic carbocycles. The van der Waals surface area contributed by atoms with Crippen molar-refractivity contribution in [2.75, 3.05) is 6.61 Å². The summed E-state index contributed by atoms with van der Waals surface area (Å²) in [4.78, 5) is 0. The highest BCUT2D eigenvalue weighted by atomic mass is 16.5. The van der Waals surface area contributed by atoms with Crippen LogP contribution in [0.5, 0.6) is 0 Å². The molecule has 2 rings (SSSR count). The van der Waals surface area contributed by atoms with Crippen LogP contribution in [0, 0.1) is 5.92 Å². The minimum Gasteiger partial charge on any atom is -0.392 e. The monoisotopic (exact) mass is 238 g/mol. The number of aromatic nitrogens is 2. The Balaban J connectivity index is 1.91. The van der Waals surface area contributed by atoms with E-state index < -0.39 is 0 Å². The molecule has 1 aliphatic heterocycles. The van der Waals surface area contributed by atoms with E-state index in [1.54, 1.807) is 0 Å². The van der Waals surface area contributed by atoms with Crippen LogP contribution in [-0.4, -0.2) is 33.7 Å². The third-order valence-corrected chi connectivity index (χ3v) is 3.38. The molecular weight excluding hydrogens is 216 g/mol. The maximum absolute atomic E-state index is 10.1. The molecule has 2 heterocycles. The van der Waals surface area contributed by atoms with Crippen LogP contribution in [0.2, 0.25) is 0 Å². The number of ether oxygens (including phenoxy) is 1. The van der Waals surface area contributed by atoms with E-state index in [4.69, 9.17) is 4.74 Å². The van der Waals surface area contributed by atoms with E-state index in [1.807, 2.05) is 16.9 Å². The zero-order chi connectivity index (χ0) is 12.4.